The number of hydrogen-bond acceptors (Lipinski definition) is 2. The molecule has 2 heteroatoms. The molecule has 0 aliphatic carbocycles. The fourth-order valence-corrected chi connectivity index (χ4v) is 3.28. The van der Waals surface area contributed by atoms with Gasteiger partial charge in [0.25, 0.3) is 0 Å². The lowest BCUT2D eigenvalue weighted by atomic mass is 9.65. The molecule has 2 aromatic rings. The third-order valence-corrected chi connectivity index (χ3v) is 5.20. The molecule has 22 heavy (non-hydrogen) atoms. The van der Waals surface area contributed by atoms with Gasteiger partial charge in [0.2, 0.25) is 0 Å². The summed E-state index contributed by atoms with van der Waals surface area (Å²) in [5.41, 5.74) is 1.08. The number of benzene rings is 2. The van der Waals surface area contributed by atoms with Crippen molar-refractivity contribution in [2.45, 2.75) is 45.0 Å². The van der Waals surface area contributed by atoms with Crippen LogP contribution < -0.4 is 0 Å². The molecule has 3 atom stereocenters. The fraction of sp³-hybridized carbons (Fsp3) is 0.400. The third kappa shape index (κ3) is 2.57. The van der Waals surface area contributed by atoms with Gasteiger partial charge in [-0.15, -0.1) is 0 Å². The Balaban J connectivity index is 2.00. The van der Waals surface area contributed by atoms with E-state index >= 15 is 0 Å². The molecule has 0 bridgehead atoms. The lowest BCUT2D eigenvalue weighted by molar-refractivity contribution is -0.223. The molecule has 1 saturated heterocycles. The van der Waals surface area contributed by atoms with Gasteiger partial charge in [-0.3, -0.25) is 0 Å². The second kappa shape index (κ2) is 5.53. The van der Waals surface area contributed by atoms with E-state index in [-0.39, 0.29) is 17.6 Å². The smallest absolute Gasteiger partial charge is 0.0911 e. The van der Waals surface area contributed by atoms with Crippen LogP contribution in [0.25, 0.3) is 0 Å². The highest BCUT2D eigenvalue weighted by molar-refractivity contribution is 5.25. The first kappa shape index (κ1) is 15.3. The van der Waals surface area contributed by atoms with E-state index in [4.69, 9.17) is 4.74 Å². The van der Waals surface area contributed by atoms with Crippen molar-refractivity contribution >= 4 is 0 Å². The van der Waals surface area contributed by atoms with Crippen LogP contribution in [0.5, 0.6) is 0 Å². The van der Waals surface area contributed by atoms with Gasteiger partial charge < -0.3 is 9.84 Å². The highest BCUT2D eigenvalue weighted by Crippen LogP contribution is 2.54. The van der Waals surface area contributed by atoms with Crippen LogP contribution >= 0.6 is 0 Å². The zero-order chi connectivity index (χ0) is 15.8. The van der Waals surface area contributed by atoms with Crippen LogP contribution in [0.2, 0.25) is 0 Å². The van der Waals surface area contributed by atoms with Crippen LogP contribution in [0, 0.1) is 5.41 Å². The van der Waals surface area contributed by atoms with E-state index in [1.807, 2.05) is 43.3 Å². The van der Waals surface area contributed by atoms with Crippen LogP contribution in [0.4, 0.5) is 0 Å². The van der Waals surface area contributed by atoms with Gasteiger partial charge in [-0.1, -0.05) is 74.5 Å². The summed E-state index contributed by atoms with van der Waals surface area (Å²) in [6.45, 7) is 6.11. The summed E-state index contributed by atoms with van der Waals surface area (Å²) in [5.74, 6) is 0. The Morgan fingerprint density at radius 1 is 0.864 bits per heavy atom. The molecule has 0 aromatic heterocycles. The maximum absolute atomic E-state index is 11.1. The largest absolute Gasteiger partial charge is 0.389 e. The van der Waals surface area contributed by atoms with E-state index < -0.39 is 5.60 Å². The molecule has 2 nitrogen and oxygen atoms in total. The molecule has 3 unspecified atom stereocenters. The molecule has 1 aliphatic heterocycles. The average Bonchev–Trinajstić information content (AvgIpc) is 2.51. The molecule has 0 spiro atoms. The van der Waals surface area contributed by atoms with Crippen molar-refractivity contribution in [3.8, 4) is 0 Å². The monoisotopic (exact) mass is 296 g/mol. The summed E-state index contributed by atoms with van der Waals surface area (Å²) in [5, 5.41) is 11.1. The average molecular weight is 296 g/mol. The highest BCUT2D eigenvalue weighted by Gasteiger charge is 2.52. The minimum absolute atomic E-state index is 0.0885. The van der Waals surface area contributed by atoms with Crippen molar-refractivity contribution in [3.63, 3.8) is 0 Å². The third-order valence-electron chi connectivity index (χ3n) is 5.20. The summed E-state index contributed by atoms with van der Waals surface area (Å²) in [6.07, 6.45) is 0.380. The maximum Gasteiger partial charge on any atom is 0.0911 e. The normalized spacial score (nSPS) is 30.9. The molecular formula is C20H24O2. The van der Waals surface area contributed by atoms with Gasteiger partial charge in [-0.05, 0) is 18.1 Å². The Morgan fingerprint density at radius 2 is 1.36 bits per heavy atom. The molecule has 116 valence electrons. The summed E-state index contributed by atoms with van der Waals surface area (Å²) >= 11 is 0. The first-order valence-corrected chi connectivity index (χ1v) is 7.89. The molecule has 0 amide bonds. The van der Waals surface area contributed by atoms with E-state index in [1.54, 1.807) is 0 Å². The molecule has 3 rings (SSSR count). The first-order valence-electron chi connectivity index (χ1n) is 7.89. The van der Waals surface area contributed by atoms with Crippen molar-refractivity contribution in [2.75, 3.05) is 0 Å². The maximum atomic E-state index is 11.1. The topological polar surface area (TPSA) is 29.5 Å². The van der Waals surface area contributed by atoms with Crippen LogP contribution in [0.3, 0.4) is 0 Å². The van der Waals surface area contributed by atoms with E-state index in [1.165, 1.54) is 0 Å². The zero-order valence-corrected chi connectivity index (χ0v) is 13.5. The molecule has 1 N–H and O–H groups in total. The Kier molecular flexibility index (Phi) is 3.84. The van der Waals surface area contributed by atoms with Crippen molar-refractivity contribution in [1.82, 2.24) is 0 Å². The Bertz CT molecular complexity index is 617. The summed E-state index contributed by atoms with van der Waals surface area (Å²) in [4.78, 5) is 0. The van der Waals surface area contributed by atoms with E-state index in [0.29, 0.717) is 6.42 Å². The molecule has 0 radical (unpaired) electrons. The molecule has 2 aromatic carbocycles. The van der Waals surface area contributed by atoms with Gasteiger partial charge in [-0.25, -0.2) is 0 Å². The lowest BCUT2D eigenvalue weighted by Gasteiger charge is -2.52. The van der Waals surface area contributed by atoms with Crippen LogP contribution in [0.1, 0.15) is 50.5 Å². The molecule has 0 saturated carbocycles. The van der Waals surface area contributed by atoms with Crippen molar-refractivity contribution in [3.05, 3.63) is 71.8 Å². The molecular weight excluding hydrogens is 272 g/mol. The standard InChI is InChI=1S/C20H24O2/c1-19(2)18(16-12-8-5-9-13-16)22-17(14-20(19,3)21)15-10-6-4-7-11-15/h4-13,17-18,21H,14H2,1-3H3. The predicted molar refractivity (Wildman–Crippen MR) is 88.5 cm³/mol. The minimum atomic E-state index is -0.799. The fourth-order valence-electron chi connectivity index (χ4n) is 3.28. The SMILES string of the molecule is CC1(O)CC(c2ccccc2)OC(c2ccccc2)C1(C)C. The predicted octanol–water partition coefficient (Wildman–Crippen LogP) is 4.67. The van der Waals surface area contributed by atoms with Gasteiger partial charge in [0.05, 0.1) is 17.8 Å². The van der Waals surface area contributed by atoms with E-state index in [9.17, 15) is 5.11 Å². The van der Waals surface area contributed by atoms with Gasteiger partial charge >= 0.3 is 0 Å². The zero-order valence-electron chi connectivity index (χ0n) is 13.5. The number of ether oxygens (including phenoxy) is 1. The summed E-state index contributed by atoms with van der Waals surface area (Å²) in [6, 6.07) is 20.4. The van der Waals surface area contributed by atoms with E-state index in [0.717, 1.165) is 11.1 Å². The summed E-state index contributed by atoms with van der Waals surface area (Å²) < 4.78 is 6.45. The Labute approximate surface area is 132 Å². The van der Waals surface area contributed by atoms with Crippen molar-refractivity contribution < 1.29 is 9.84 Å². The van der Waals surface area contributed by atoms with Crippen molar-refractivity contribution in [1.29, 1.82) is 0 Å². The second-order valence-electron chi connectivity index (χ2n) is 7.03. The second-order valence-corrected chi connectivity index (χ2v) is 7.03. The van der Waals surface area contributed by atoms with Gasteiger partial charge in [0.1, 0.15) is 0 Å². The van der Waals surface area contributed by atoms with Crippen LogP contribution in [-0.4, -0.2) is 10.7 Å². The first-order chi connectivity index (χ1) is 10.4. The van der Waals surface area contributed by atoms with Crippen LogP contribution in [0.15, 0.2) is 60.7 Å². The van der Waals surface area contributed by atoms with Gasteiger partial charge in [-0.2, -0.15) is 0 Å². The molecule has 1 fully saturated rings. The number of aliphatic hydroxyl groups is 1. The number of rotatable bonds is 2. The quantitative estimate of drug-likeness (QED) is 0.873. The lowest BCUT2D eigenvalue weighted by Crippen LogP contribution is -2.51. The minimum Gasteiger partial charge on any atom is -0.389 e. The number of hydrogen-bond donors (Lipinski definition) is 1. The van der Waals surface area contributed by atoms with Gasteiger partial charge in [0.15, 0.2) is 0 Å². The highest BCUT2D eigenvalue weighted by atomic mass is 16.5. The Hall–Kier alpha value is -1.64. The van der Waals surface area contributed by atoms with Crippen LogP contribution in [-0.2, 0) is 4.74 Å². The van der Waals surface area contributed by atoms with Crippen molar-refractivity contribution in [2.24, 2.45) is 5.41 Å². The molecule has 1 heterocycles. The van der Waals surface area contributed by atoms with Gasteiger partial charge in [0, 0.05) is 11.8 Å². The van der Waals surface area contributed by atoms with E-state index in [2.05, 4.69) is 38.1 Å². The molecule has 1 aliphatic rings. The Morgan fingerprint density at radius 3 is 1.91 bits per heavy atom. The summed E-state index contributed by atoms with van der Waals surface area (Å²) in [7, 11) is 0.